The maximum Gasteiger partial charge on any atom is 1.00 e. The van der Waals surface area contributed by atoms with Gasteiger partial charge >= 0.3 is 1.43 Å². The van der Waals surface area contributed by atoms with Crippen molar-refractivity contribution in [2.24, 2.45) is 5.73 Å². The summed E-state index contributed by atoms with van der Waals surface area (Å²) in [6, 6.07) is 4.60. The first-order valence-corrected chi connectivity index (χ1v) is 7.07. The molecular weight excluding hydrogens is 320 g/mol. The lowest BCUT2D eigenvalue weighted by molar-refractivity contribution is -0.135. The van der Waals surface area contributed by atoms with Crippen LogP contribution in [0.3, 0.4) is 0 Å². The van der Waals surface area contributed by atoms with Crippen molar-refractivity contribution in [3.63, 3.8) is 0 Å². The Morgan fingerprint density at radius 1 is 1.39 bits per heavy atom. The summed E-state index contributed by atoms with van der Waals surface area (Å²) < 4.78 is 1.36. The molecule has 3 N–H and O–H groups in total. The largest absolute Gasteiger partial charge is 1.00 e. The minimum absolute atomic E-state index is 0. The summed E-state index contributed by atoms with van der Waals surface area (Å²) in [5.41, 5.74) is 6.66. The molecule has 2 heterocycles. The number of piperidine rings is 1. The van der Waals surface area contributed by atoms with Crippen molar-refractivity contribution in [2.45, 2.75) is 32.4 Å². The Balaban J connectivity index is 0.00000144. The topological polar surface area (TPSA) is 107 Å². The van der Waals surface area contributed by atoms with E-state index in [4.69, 9.17) is 5.73 Å². The monoisotopic (exact) mass is 336 g/mol. The van der Waals surface area contributed by atoms with Crippen LogP contribution >= 0.6 is 0 Å². The third-order valence-corrected chi connectivity index (χ3v) is 3.93. The smallest absolute Gasteiger partial charge is 1.00 e. The van der Waals surface area contributed by atoms with Crippen LogP contribution in [0.15, 0.2) is 23.0 Å². The average Bonchev–Trinajstić information content (AvgIpc) is 2.48. The minimum Gasteiger partial charge on any atom is -1.00 e. The van der Waals surface area contributed by atoms with Gasteiger partial charge < -0.3 is 18.1 Å². The number of hydrogen-bond donors (Lipinski definition) is 2. The van der Waals surface area contributed by atoms with E-state index in [9.17, 15) is 14.4 Å². The fourth-order valence-corrected chi connectivity index (χ4v) is 2.89. The van der Waals surface area contributed by atoms with Gasteiger partial charge in [-0.05, 0) is 25.0 Å². The van der Waals surface area contributed by atoms with Crippen LogP contribution in [0.2, 0.25) is 0 Å². The normalized spacial score (nSPS) is 17.7. The van der Waals surface area contributed by atoms with Crippen LogP contribution in [0.25, 0.3) is 10.9 Å². The maximum absolute atomic E-state index is 12.9. The number of nitrogens with one attached hydrogen (secondary N) is 1. The maximum atomic E-state index is 12.9. The third-order valence-electron chi connectivity index (χ3n) is 3.93. The molecule has 1 aromatic carbocycles. The second-order valence-electron chi connectivity index (χ2n) is 5.32. The molecular formula is C15H17ClN4O3. The summed E-state index contributed by atoms with van der Waals surface area (Å²) >= 11 is 0. The third kappa shape index (κ3) is 2.85. The highest BCUT2D eigenvalue weighted by molar-refractivity contribution is 5.99. The highest BCUT2D eigenvalue weighted by Gasteiger charge is 2.30. The Labute approximate surface area is 139 Å². The molecule has 0 radical (unpaired) electrons. The molecule has 0 spiro atoms. The van der Waals surface area contributed by atoms with E-state index in [0.717, 1.165) is 0 Å². The van der Waals surface area contributed by atoms with E-state index >= 15 is 0 Å². The van der Waals surface area contributed by atoms with Gasteiger partial charge in [-0.15, -0.1) is 0 Å². The molecule has 0 saturated carbocycles. The SMILES string of the molecule is Cc1nc2cccc(CN)c2c(=O)n1C1CCC(=O)NC1=O.[Cl-].[H+]. The van der Waals surface area contributed by atoms with Crippen molar-refractivity contribution in [1.29, 1.82) is 0 Å². The lowest BCUT2D eigenvalue weighted by atomic mass is 10.0. The number of amides is 2. The van der Waals surface area contributed by atoms with Crippen LogP contribution in [0.5, 0.6) is 0 Å². The zero-order chi connectivity index (χ0) is 15.9. The number of hydrogen-bond acceptors (Lipinski definition) is 5. The number of imide groups is 1. The molecule has 23 heavy (non-hydrogen) atoms. The molecule has 0 aliphatic carbocycles. The summed E-state index contributed by atoms with van der Waals surface area (Å²) in [6.07, 6.45) is 0.502. The number of rotatable bonds is 2. The highest BCUT2D eigenvalue weighted by Crippen LogP contribution is 2.20. The van der Waals surface area contributed by atoms with Gasteiger partial charge in [-0.1, -0.05) is 12.1 Å². The van der Waals surface area contributed by atoms with Gasteiger partial charge in [0.15, 0.2) is 0 Å². The van der Waals surface area contributed by atoms with Crippen LogP contribution < -0.4 is 29.0 Å². The van der Waals surface area contributed by atoms with Crippen molar-refractivity contribution < 1.29 is 23.4 Å². The molecule has 8 heteroatoms. The van der Waals surface area contributed by atoms with Crippen LogP contribution in [-0.4, -0.2) is 21.4 Å². The molecule has 1 unspecified atom stereocenters. The van der Waals surface area contributed by atoms with Gasteiger partial charge in [0, 0.05) is 13.0 Å². The number of aromatic nitrogens is 2. The Bertz CT molecular complexity index is 852. The number of fused-ring (bicyclic) bond motifs is 1. The minimum atomic E-state index is -0.715. The summed E-state index contributed by atoms with van der Waals surface area (Å²) in [4.78, 5) is 40.6. The van der Waals surface area contributed by atoms with E-state index in [1.54, 1.807) is 25.1 Å². The average molecular weight is 337 g/mol. The van der Waals surface area contributed by atoms with E-state index < -0.39 is 11.9 Å². The summed E-state index contributed by atoms with van der Waals surface area (Å²) in [6.45, 7) is 1.90. The van der Waals surface area contributed by atoms with Gasteiger partial charge in [0.2, 0.25) is 11.8 Å². The van der Waals surface area contributed by atoms with Crippen molar-refractivity contribution in [3.05, 3.63) is 39.9 Å². The quantitative estimate of drug-likeness (QED) is 0.579. The molecule has 3 rings (SSSR count). The summed E-state index contributed by atoms with van der Waals surface area (Å²) in [5.74, 6) is -0.336. The number of nitrogens with zero attached hydrogens (tertiary/aromatic N) is 2. The first kappa shape index (κ1) is 17.1. The van der Waals surface area contributed by atoms with Crippen LogP contribution in [0.1, 0.15) is 31.7 Å². The van der Waals surface area contributed by atoms with Crippen molar-refractivity contribution in [2.75, 3.05) is 0 Å². The molecule has 122 valence electrons. The molecule has 1 fully saturated rings. The fourth-order valence-electron chi connectivity index (χ4n) is 2.89. The number of carbonyl (C=O) groups excluding carboxylic acids is 2. The Morgan fingerprint density at radius 3 is 2.78 bits per heavy atom. The second-order valence-corrected chi connectivity index (χ2v) is 5.32. The Hall–Kier alpha value is -2.25. The van der Waals surface area contributed by atoms with E-state index in [0.29, 0.717) is 28.7 Å². The summed E-state index contributed by atoms with van der Waals surface area (Å²) in [7, 11) is 0. The molecule has 2 amide bonds. The lowest BCUT2D eigenvalue weighted by Gasteiger charge is -2.24. The molecule has 1 atom stereocenters. The number of halogens is 1. The Kier molecular flexibility index (Phi) is 4.82. The van der Waals surface area contributed by atoms with Crippen molar-refractivity contribution in [3.8, 4) is 0 Å². The predicted molar refractivity (Wildman–Crippen MR) is 81.2 cm³/mol. The number of aryl methyl sites for hydroxylation is 1. The summed E-state index contributed by atoms with van der Waals surface area (Å²) in [5, 5.41) is 2.70. The van der Waals surface area contributed by atoms with E-state index in [1.165, 1.54) is 4.57 Å². The van der Waals surface area contributed by atoms with E-state index in [1.807, 2.05) is 0 Å². The molecule has 1 aliphatic heterocycles. The number of nitrogens with two attached hydrogens (primary N) is 1. The molecule has 1 aromatic heterocycles. The van der Waals surface area contributed by atoms with Gasteiger partial charge in [0.05, 0.1) is 10.9 Å². The first-order valence-electron chi connectivity index (χ1n) is 7.07. The van der Waals surface area contributed by atoms with Gasteiger partial charge in [0.25, 0.3) is 5.56 Å². The van der Waals surface area contributed by atoms with Crippen LogP contribution in [-0.2, 0) is 16.1 Å². The van der Waals surface area contributed by atoms with Crippen LogP contribution in [0.4, 0.5) is 0 Å². The first-order chi connectivity index (χ1) is 10.5. The second kappa shape index (κ2) is 6.47. The molecule has 1 aliphatic rings. The van der Waals surface area contributed by atoms with Crippen molar-refractivity contribution >= 4 is 22.7 Å². The standard InChI is InChI=1S/C15H16N4O3.ClH/c1-8-17-10-4-2-3-9(7-16)13(10)15(22)19(8)11-5-6-12(20)18-14(11)21;/h2-4,11H,5-7,16H2,1H3,(H,18,20,21);1H. The van der Waals surface area contributed by atoms with Gasteiger partial charge in [0.1, 0.15) is 11.9 Å². The van der Waals surface area contributed by atoms with E-state index in [-0.39, 0.29) is 38.3 Å². The predicted octanol–water partition coefficient (Wildman–Crippen LogP) is -2.74. The zero-order valence-electron chi connectivity index (χ0n) is 13.5. The number of benzene rings is 1. The zero-order valence-corrected chi connectivity index (χ0v) is 13.3. The molecule has 7 nitrogen and oxygen atoms in total. The fraction of sp³-hybridized carbons (Fsp3) is 0.333. The van der Waals surface area contributed by atoms with Gasteiger partial charge in [-0.2, -0.15) is 0 Å². The Morgan fingerprint density at radius 2 is 2.13 bits per heavy atom. The van der Waals surface area contributed by atoms with Crippen LogP contribution in [0, 0.1) is 6.92 Å². The van der Waals surface area contributed by atoms with Gasteiger partial charge in [-0.25, -0.2) is 4.98 Å². The molecule has 2 aromatic rings. The highest BCUT2D eigenvalue weighted by atomic mass is 35.5. The lowest BCUT2D eigenvalue weighted by Crippen LogP contribution is -3.00. The van der Waals surface area contributed by atoms with Gasteiger partial charge in [-0.3, -0.25) is 24.3 Å². The molecule has 1 saturated heterocycles. The number of carbonyl (C=O) groups is 2. The van der Waals surface area contributed by atoms with Crippen molar-refractivity contribution in [1.82, 2.24) is 14.9 Å². The molecule has 0 bridgehead atoms. The van der Waals surface area contributed by atoms with E-state index in [2.05, 4.69) is 10.3 Å².